The van der Waals surface area contributed by atoms with E-state index in [2.05, 4.69) is 18.8 Å². The molecule has 0 fully saturated rings. The number of thiazole rings is 1. The molecule has 1 aromatic rings. The molecule has 1 aliphatic carbocycles. The maximum Gasteiger partial charge on any atom is 0.304 e. The van der Waals surface area contributed by atoms with Crippen LogP contribution in [0, 0.1) is 5.92 Å². The summed E-state index contributed by atoms with van der Waals surface area (Å²) in [5.74, 6) is 0.0511. The second-order valence-electron chi connectivity index (χ2n) is 5.20. The highest BCUT2D eigenvalue weighted by Crippen LogP contribution is 2.37. The molecule has 0 aromatic carbocycles. The van der Waals surface area contributed by atoms with Crippen LogP contribution in [-0.4, -0.2) is 16.1 Å². The molecule has 17 heavy (non-hydrogen) atoms. The first kappa shape index (κ1) is 12.6. The quantitative estimate of drug-likeness (QED) is 0.896. The Morgan fingerprint density at radius 3 is 3.00 bits per heavy atom. The minimum atomic E-state index is -0.707. The van der Waals surface area contributed by atoms with Crippen molar-refractivity contribution < 1.29 is 9.90 Å². The molecule has 0 amide bonds. The third kappa shape index (κ3) is 3.06. The van der Waals surface area contributed by atoms with Crippen molar-refractivity contribution in [3.05, 3.63) is 15.6 Å². The highest BCUT2D eigenvalue weighted by atomic mass is 32.1. The second-order valence-corrected chi connectivity index (χ2v) is 6.37. The van der Waals surface area contributed by atoms with Gasteiger partial charge in [-0.3, -0.25) is 4.79 Å². The van der Waals surface area contributed by atoms with Gasteiger partial charge in [-0.1, -0.05) is 13.8 Å². The van der Waals surface area contributed by atoms with Gasteiger partial charge in [-0.2, -0.15) is 0 Å². The van der Waals surface area contributed by atoms with Gasteiger partial charge in [-0.25, -0.2) is 4.98 Å². The molecule has 1 aromatic heterocycles. The average Bonchev–Trinajstić information content (AvgIpc) is 2.59. The van der Waals surface area contributed by atoms with Crippen LogP contribution in [0.4, 0.5) is 0 Å². The van der Waals surface area contributed by atoms with E-state index in [1.807, 2.05) is 0 Å². The SMILES string of the molecule is CC(C)Cc1nc2c(s1)CCCC2CC(=O)O. The molecule has 2 rings (SSSR count). The van der Waals surface area contributed by atoms with Crippen molar-refractivity contribution in [3.63, 3.8) is 0 Å². The Kier molecular flexibility index (Phi) is 3.82. The zero-order valence-electron chi connectivity index (χ0n) is 10.4. The van der Waals surface area contributed by atoms with Gasteiger partial charge in [0.1, 0.15) is 0 Å². The predicted molar refractivity (Wildman–Crippen MR) is 68.6 cm³/mol. The molecule has 0 bridgehead atoms. The number of nitrogens with zero attached hydrogens (tertiary/aromatic N) is 1. The van der Waals surface area contributed by atoms with Crippen molar-refractivity contribution in [2.75, 3.05) is 0 Å². The topological polar surface area (TPSA) is 50.2 Å². The Balaban J connectivity index is 2.19. The fourth-order valence-corrected chi connectivity index (χ4v) is 3.81. The number of carboxylic acid groups (broad SMARTS) is 1. The molecule has 94 valence electrons. The maximum absolute atomic E-state index is 10.8. The van der Waals surface area contributed by atoms with Gasteiger partial charge in [0, 0.05) is 17.2 Å². The summed E-state index contributed by atoms with van der Waals surface area (Å²) in [7, 11) is 0. The molecule has 3 nitrogen and oxygen atoms in total. The van der Waals surface area contributed by atoms with Crippen LogP contribution >= 0.6 is 11.3 Å². The van der Waals surface area contributed by atoms with E-state index >= 15 is 0 Å². The van der Waals surface area contributed by atoms with E-state index < -0.39 is 5.97 Å². The predicted octanol–water partition coefficient (Wildman–Crippen LogP) is 3.24. The summed E-state index contributed by atoms with van der Waals surface area (Å²) in [5, 5.41) is 10.1. The minimum Gasteiger partial charge on any atom is -0.481 e. The Bertz CT molecular complexity index is 412. The molecule has 1 N–H and O–H groups in total. The highest BCUT2D eigenvalue weighted by Gasteiger charge is 2.26. The molecule has 1 aliphatic rings. The van der Waals surface area contributed by atoms with E-state index in [0.29, 0.717) is 5.92 Å². The van der Waals surface area contributed by atoms with Crippen LogP contribution in [0.2, 0.25) is 0 Å². The van der Waals surface area contributed by atoms with E-state index in [1.165, 1.54) is 9.88 Å². The maximum atomic E-state index is 10.8. The summed E-state index contributed by atoms with van der Waals surface area (Å²) >= 11 is 1.79. The smallest absolute Gasteiger partial charge is 0.304 e. The number of fused-ring (bicyclic) bond motifs is 1. The molecule has 1 heterocycles. The highest BCUT2D eigenvalue weighted by molar-refractivity contribution is 7.11. The lowest BCUT2D eigenvalue weighted by Crippen LogP contribution is -2.12. The number of aliphatic carboxylic acids is 1. The van der Waals surface area contributed by atoms with Crippen molar-refractivity contribution in [1.29, 1.82) is 0 Å². The van der Waals surface area contributed by atoms with E-state index in [9.17, 15) is 4.79 Å². The number of carboxylic acids is 1. The fourth-order valence-electron chi connectivity index (χ4n) is 2.40. The van der Waals surface area contributed by atoms with Crippen LogP contribution in [0.25, 0.3) is 0 Å². The summed E-state index contributed by atoms with van der Waals surface area (Å²) in [6.07, 6.45) is 4.41. The molecule has 1 unspecified atom stereocenters. The Hall–Kier alpha value is -0.900. The molecule has 4 heteroatoms. The molecule has 1 atom stereocenters. The van der Waals surface area contributed by atoms with E-state index in [0.717, 1.165) is 31.4 Å². The summed E-state index contributed by atoms with van der Waals surface area (Å²) in [4.78, 5) is 16.8. The van der Waals surface area contributed by atoms with Crippen LogP contribution in [0.5, 0.6) is 0 Å². The van der Waals surface area contributed by atoms with Gasteiger partial charge < -0.3 is 5.11 Å². The van der Waals surface area contributed by atoms with Crippen LogP contribution < -0.4 is 0 Å². The second kappa shape index (κ2) is 5.17. The number of hydrogen-bond donors (Lipinski definition) is 1. The lowest BCUT2D eigenvalue weighted by atomic mass is 9.88. The zero-order valence-corrected chi connectivity index (χ0v) is 11.2. The van der Waals surface area contributed by atoms with Crippen LogP contribution in [0.3, 0.4) is 0 Å². The molecule has 0 spiro atoms. The van der Waals surface area contributed by atoms with Gasteiger partial charge in [-0.05, 0) is 25.2 Å². The molecule has 0 saturated heterocycles. The van der Waals surface area contributed by atoms with Crippen molar-refractivity contribution in [2.45, 2.75) is 51.9 Å². The summed E-state index contributed by atoms with van der Waals surface area (Å²) < 4.78 is 0. The van der Waals surface area contributed by atoms with E-state index in [4.69, 9.17) is 5.11 Å². The lowest BCUT2D eigenvalue weighted by molar-refractivity contribution is -0.137. The zero-order chi connectivity index (χ0) is 12.4. The largest absolute Gasteiger partial charge is 0.481 e. The van der Waals surface area contributed by atoms with Gasteiger partial charge in [-0.15, -0.1) is 11.3 Å². The lowest BCUT2D eigenvalue weighted by Gasteiger charge is -2.18. The monoisotopic (exact) mass is 253 g/mol. The fraction of sp³-hybridized carbons (Fsp3) is 0.692. The van der Waals surface area contributed by atoms with Gasteiger partial charge >= 0.3 is 5.97 Å². The van der Waals surface area contributed by atoms with Gasteiger partial charge in [0.2, 0.25) is 0 Å². The minimum absolute atomic E-state index is 0.147. The Morgan fingerprint density at radius 1 is 1.59 bits per heavy atom. The van der Waals surface area contributed by atoms with Gasteiger partial charge in [0.05, 0.1) is 17.1 Å². The Morgan fingerprint density at radius 2 is 2.35 bits per heavy atom. The number of rotatable bonds is 4. The van der Waals surface area contributed by atoms with E-state index in [1.54, 1.807) is 11.3 Å². The van der Waals surface area contributed by atoms with Crippen molar-refractivity contribution in [1.82, 2.24) is 4.98 Å². The van der Waals surface area contributed by atoms with Crippen LogP contribution in [-0.2, 0) is 17.6 Å². The molecule has 0 saturated carbocycles. The van der Waals surface area contributed by atoms with Crippen LogP contribution in [0.15, 0.2) is 0 Å². The van der Waals surface area contributed by atoms with Crippen molar-refractivity contribution in [2.24, 2.45) is 5.92 Å². The third-order valence-corrected chi connectivity index (χ3v) is 4.27. The summed E-state index contributed by atoms with van der Waals surface area (Å²) in [6, 6.07) is 0. The van der Waals surface area contributed by atoms with Gasteiger partial charge in [0.25, 0.3) is 0 Å². The summed E-state index contributed by atoms with van der Waals surface area (Å²) in [6.45, 7) is 4.38. The van der Waals surface area contributed by atoms with Crippen LogP contribution in [0.1, 0.15) is 54.6 Å². The molecular formula is C13H19NO2S. The molecular weight excluding hydrogens is 234 g/mol. The standard InChI is InChI=1S/C13H19NO2S/c1-8(2)6-11-14-13-9(7-12(15)16)4-3-5-10(13)17-11/h8-9H,3-7H2,1-2H3,(H,15,16). The van der Waals surface area contributed by atoms with Gasteiger partial charge in [0.15, 0.2) is 0 Å². The van der Waals surface area contributed by atoms with Crippen molar-refractivity contribution in [3.8, 4) is 0 Å². The Labute approximate surface area is 106 Å². The normalized spacial score (nSPS) is 19.4. The molecule has 0 aliphatic heterocycles. The number of aromatic nitrogens is 1. The number of carbonyl (C=O) groups is 1. The number of aryl methyl sites for hydroxylation is 1. The average molecular weight is 253 g/mol. The third-order valence-electron chi connectivity index (χ3n) is 3.12. The first-order valence-corrected chi connectivity index (χ1v) is 7.08. The first-order valence-electron chi connectivity index (χ1n) is 6.26. The number of hydrogen-bond acceptors (Lipinski definition) is 3. The summed E-state index contributed by atoms with van der Waals surface area (Å²) in [5.41, 5.74) is 1.08. The first-order chi connectivity index (χ1) is 8.06. The molecule has 0 radical (unpaired) electrons. The van der Waals surface area contributed by atoms with E-state index in [-0.39, 0.29) is 12.3 Å². The van der Waals surface area contributed by atoms with Crippen molar-refractivity contribution >= 4 is 17.3 Å².